The molecule has 0 aromatic heterocycles. The second kappa shape index (κ2) is 6.95. The number of anilines is 2. The molecule has 1 aromatic rings. The average Bonchev–Trinajstić information content (AvgIpc) is 2.41. The number of ether oxygens (including phenoxy) is 1. The lowest BCUT2D eigenvalue weighted by molar-refractivity contribution is -0.123. The van der Waals surface area contributed by atoms with Crippen molar-refractivity contribution >= 4 is 28.9 Å². The molecule has 3 N–H and O–H groups in total. The van der Waals surface area contributed by atoms with Crippen LogP contribution >= 0.6 is 11.6 Å². The number of nitrogen functional groups attached to an aromatic ring is 1. The molecule has 2 atom stereocenters. The van der Waals surface area contributed by atoms with E-state index in [1.807, 2.05) is 0 Å². The molecule has 0 aliphatic heterocycles. The first-order valence-corrected chi connectivity index (χ1v) is 7.39. The standard InChI is InChI=1S/C15H21ClN2O2/c1-10-3-2-4-12(7-10)20-9-15(19)18-11-5-6-13(16)14(17)8-11/h5-6,8,10,12H,2-4,7,9,17H2,1H3,(H,18,19). The Bertz CT molecular complexity index is 479. The number of carbonyl (C=O) groups is 1. The predicted molar refractivity (Wildman–Crippen MR) is 81.9 cm³/mol. The summed E-state index contributed by atoms with van der Waals surface area (Å²) in [4.78, 5) is 11.8. The summed E-state index contributed by atoms with van der Waals surface area (Å²) < 4.78 is 5.67. The lowest BCUT2D eigenvalue weighted by atomic mass is 9.89. The maximum Gasteiger partial charge on any atom is 0.250 e. The van der Waals surface area contributed by atoms with E-state index in [1.165, 1.54) is 12.8 Å². The van der Waals surface area contributed by atoms with Gasteiger partial charge in [-0.2, -0.15) is 0 Å². The molecule has 4 nitrogen and oxygen atoms in total. The largest absolute Gasteiger partial charge is 0.397 e. The quantitative estimate of drug-likeness (QED) is 0.836. The van der Waals surface area contributed by atoms with Crippen LogP contribution in [0.25, 0.3) is 0 Å². The van der Waals surface area contributed by atoms with Gasteiger partial charge in [0, 0.05) is 5.69 Å². The zero-order valence-electron chi connectivity index (χ0n) is 11.7. The number of nitrogens with one attached hydrogen (secondary N) is 1. The third kappa shape index (κ3) is 4.39. The Morgan fingerprint density at radius 2 is 2.30 bits per heavy atom. The summed E-state index contributed by atoms with van der Waals surface area (Å²) in [5, 5.41) is 3.24. The first-order chi connectivity index (χ1) is 9.54. The number of halogens is 1. The highest BCUT2D eigenvalue weighted by atomic mass is 35.5. The van der Waals surface area contributed by atoms with Crippen molar-refractivity contribution in [1.29, 1.82) is 0 Å². The molecular formula is C15H21ClN2O2. The number of benzene rings is 1. The van der Waals surface area contributed by atoms with E-state index >= 15 is 0 Å². The van der Waals surface area contributed by atoms with Crippen LogP contribution in [0.4, 0.5) is 11.4 Å². The van der Waals surface area contributed by atoms with Gasteiger partial charge in [0.1, 0.15) is 6.61 Å². The van der Waals surface area contributed by atoms with E-state index in [0.29, 0.717) is 22.3 Å². The molecule has 110 valence electrons. The number of carbonyl (C=O) groups excluding carboxylic acids is 1. The maximum atomic E-state index is 11.8. The highest BCUT2D eigenvalue weighted by molar-refractivity contribution is 6.33. The van der Waals surface area contributed by atoms with Crippen LogP contribution < -0.4 is 11.1 Å². The molecule has 1 aliphatic rings. The third-order valence-electron chi connectivity index (χ3n) is 3.62. The normalized spacial score (nSPS) is 22.5. The molecule has 0 spiro atoms. The fourth-order valence-corrected chi connectivity index (χ4v) is 2.66. The molecule has 1 saturated carbocycles. The molecule has 5 heteroatoms. The zero-order valence-corrected chi connectivity index (χ0v) is 12.5. The van der Waals surface area contributed by atoms with E-state index < -0.39 is 0 Å². The Morgan fingerprint density at radius 3 is 3.00 bits per heavy atom. The summed E-state index contributed by atoms with van der Waals surface area (Å²) in [6.07, 6.45) is 4.74. The molecule has 1 aromatic carbocycles. The van der Waals surface area contributed by atoms with Crippen molar-refractivity contribution in [2.24, 2.45) is 5.92 Å². The van der Waals surface area contributed by atoms with Crippen molar-refractivity contribution in [2.75, 3.05) is 17.7 Å². The number of nitrogens with two attached hydrogens (primary N) is 1. The van der Waals surface area contributed by atoms with Gasteiger partial charge in [-0.15, -0.1) is 0 Å². The third-order valence-corrected chi connectivity index (χ3v) is 3.96. The smallest absolute Gasteiger partial charge is 0.250 e. The van der Waals surface area contributed by atoms with Crippen molar-refractivity contribution in [2.45, 2.75) is 38.7 Å². The minimum atomic E-state index is -0.162. The van der Waals surface area contributed by atoms with Crippen molar-refractivity contribution in [3.05, 3.63) is 23.2 Å². The van der Waals surface area contributed by atoms with Crippen LogP contribution in [0.1, 0.15) is 32.6 Å². The molecule has 1 aliphatic carbocycles. The van der Waals surface area contributed by atoms with E-state index in [-0.39, 0.29) is 18.6 Å². The van der Waals surface area contributed by atoms with Gasteiger partial charge in [-0.05, 0) is 37.0 Å². The summed E-state index contributed by atoms with van der Waals surface area (Å²) in [5.41, 5.74) is 6.78. The monoisotopic (exact) mass is 296 g/mol. The van der Waals surface area contributed by atoms with E-state index in [4.69, 9.17) is 22.1 Å². The van der Waals surface area contributed by atoms with E-state index in [1.54, 1.807) is 18.2 Å². The van der Waals surface area contributed by atoms with Gasteiger partial charge in [0.25, 0.3) is 0 Å². The Labute approximate surface area is 124 Å². The Morgan fingerprint density at radius 1 is 1.50 bits per heavy atom. The lowest BCUT2D eigenvalue weighted by Crippen LogP contribution is -2.27. The SMILES string of the molecule is CC1CCCC(OCC(=O)Nc2ccc(Cl)c(N)c2)C1. The van der Waals surface area contributed by atoms with E-state index in [9.17, 15) is 4.79 Å². The lowest BCUT2D eigenvalue weighted by Gasteiger charge is -2.26. The molecule has 0 saturated heterocycles. The minimum absolute atomic E-state index is 0.0833. The fourth-order valence-electron chi connectivity index (χ4n) is 2.54. The number of hydrogen-bond donors (Lipinski definition) is 2. The Balaban J connectivity index is 1.78. The van der Waals surface area contributed by atoms with Gasteiger partial charge in [-0.1, -0.05) is 31.4 Å². The second-order valence-corrected chi connectivity index (χ2v) is 5.90. The summed E-state index contributed by atoms with van der Waals surface area (Å²) in [5.74, 6) is 0.526. The van der Waals surface area contributed by atoms with Crippen LogP contribution in [0.5, 0.6) is 0 Å². The van der Waals surface area contributed by atoms with Crippen LogP contribution in [0.2, 0.25) is 5.02 Å². The topological polar surface area (TPSA) is 64.3 Å². The molecular weight excluding hydrogens is 276 g/mol. The van der Waals surface area contributed by atoms with E-state index in [2.05, 4.69) is 12.2 Å². The number of hydrogen-bond acceptors (Lipinski definition) is 3. The van der Waals surface area contributed by atoms with Crippen LogP contribution in [-0.4, -0.2) is 18.6 Å². The first-order valence-electron chi connectivity index (χ1n) is 7.01. The highest BCUT2D eigenvalue weighted by Gasteiger charge is 2.20. The fraction of sp³-hybridized carbons (Fsp3) is 0.533. The summed E-state index contributed by atoms with van der Waals surface area (Å²) in [7, 11) is 0. The molecule has 1 amide bonds. The van der Waals surface area contributed by atoms with Gasteiger partial charge in [-0.3, -0.25) is 4.79 Å². The van der Waals surface area contributed by atoms with Crippen molar-refractivity contribution in [3.63, 3.8) is 0 Å². The van der Waals surface area contributed by atoms with Crippen LogP contribution in [0, 0.1) is 5.92 Å². The maximum absolute atomic E-state index is 11.8. The van der Waals surface area contributed by atoms with Gasteiger partial charge in [-0.25, -0.2) is 0 Å². The van der Waals surface area contributed by atoms with Crippen molar-refractivity contribution in [1.82, 2.24) is 0 Å². The van der Waals surface area contributed by atoms with Gasteiger partial charge < -0.3 is 15.8 Å². The molecule has 2 rings (SSSR count). The molecule has 0 heterocycles. The number of rotatable bonds is 4. The van der Waals surface area contributed by atoms with Gasteiger partial charge >= 0.3 is 0 Å². The average molecular weight is 297 g/mol. The van der Waals surface area contributed by atoms with Crippen LogP contribution in [-0.2, 0) is 9.53 Å². The Hall–Kier alpha value is -1.26. The highest BCUT2D eigenvalue weighted by Crippen LogP contribution is 2.26. The predicted octanol–water partition coefficient (Wildman–Crippen LogP) is 3.46. The van der Waals surface area contributed by atoms with Crippen molar-refractivity contribution in [3.8, 4) is 0 Å². The molecule has 0 bridgehead atoms. The van der Waals surface area contributed by atoms with Crippen LogP contribution in [0.3, 0.4) is 0 Å². The van der Waals surface area contributed by atoms with Gasteiger partial charge in [0.15, 0.2) is 0 Å². The molecule has 1 fully saturated rings. The molecule has 20 heavy (non-hydrogen) atoms. The van der Waals surface area contributed by atoms with Crippen molar-refractivity contribution < 1.29 is 9.53 Å². The minimum Gasteiger partial charge on any atom is -0.397 e. The number of amides is 1. The summed E-state index contributed by atoms with van der Waals surface area (Å²) in [6, 6.07) is 5.03. The van der Waals surface area contributed by atoms with Gasteiger partial charge in [0.2, 0.25) is 5.91 Å². The van der Waals surface area contributed by atoms with E-state index in [0.717, 1.165) is 12.8 Å². The molecule has 2 unspecified atom stereocenters. The molecule has 0 radical (unpaired) electrons. The zero-order chi connectivity index (χ0) is 14.5. The second-order valence-electron chi connectivity index (χ2n) is 5.49. The van der Waals surface area contributed by atoms with Crippen LogP contribution in [0.15, 0.2) is 18.2 Å². The first kappa shape index (κ1) is 15.1. The summed E-state index contributed by atoms with van der Waals surface area (Å²) >= 11 is 5.83. The summed E-state index contributed by atoms with van der Waals surface area (Å²) in [6.45, 7) is 2.31. The van der Waals surface area contributed by atoms with Gasteiger partial charge in [0.05, 0.1) is 16.8 Å². The Kier molecular flexibility index (Phi) is 5.26.